The highest BCUT2D eigenvalue weighted by Crippen LogP contribution is 2.27. The van der Waals surface area contributed by atoms with Crippen molar-refractivity contribution in [3.63, 3.8) is 0 Å². The molecule has 0 bridgehead atoms. The molecule has 0 saturated carbocycles. The first kappa shape index (κ1) is 9.28. The molecule has 3 rings (SSSR count). The van der Waals surface area contributed by atoms with E-state index < -0.39 is 11.6 Å². The smallest absolute Gasteiger partial charge is 0.167 e. The number of hydrogen-bond acceptors (Lipinski definition) is 0. The summed E-state index contributed by atoms with van der Waals surface area (Å²) in [5, 5.41) is 2.79. The maximum atomic E-state index is 13.5. The van der Waals surface area contributed by atoms with E-state index in [1.54, 1.807) is 18.2 Å². The van der Waals surface area contributed by atoms with E-state index in [0.29, 0.717) is 5.39 Å². The highest BCUT2D eigenvalue weighted by molar-refractivity contribution is 6.07. The minimum Gasteiger partial charge on any atom is -0.203 e. The van der Waals surface area contributed by atoms with Gasteiger partial charge in [-0.1, -0.05) is 24.3 Å². The fourth-order valence-corrected chi connectivity index (χ4v) is 1.90. The van der Waals surface area contributed by atoms with Crippen LogP contribution in [-0.4, -0.2) is 0 Å². The molecule has 2 radical (unpaired) electrons. The molecule has 0 fully saturated rings. The summed E-state index contributed by atoms with van der Waals surface area (Å²) in [5.41, 5.74) is 0. The fraction of sp³-hybridized carbons (Fsp3) is 0. The summed E-state index contributed by atoms with van der Waals surface area (Å²) in [6.45, 7) is 0. The monoisotopic (exact) mass is 212 g/mol. The number of benzene rings is 3. The third-order valence-corrected chi connectivity index (χ3v) is 2.68. The van der Waals surface area contributed by atoms with Crippen LogP contribution in [0.4, 0.5) is 8.78 Å². The summed E-state index contributed by atoms with van der Waals surface area (Å²) in [6, 6.07) is 15.5. The van der Waals surface area contributed by atoms with Gasteiger partial charge in [0.1, 0.15) is 0 Å². The van der Waals surface area contributed by atoms with Crippen molar-refractivity contribution in [2.45, 2.75) is 0 Å². The van der Waals surface area contributed by atoms with E-state index in [2.05, 4.69) is 12.1 Å². The Hall–Kier alpha value is -1.96. The fourth-order valence-electron chi connectivity index (χ4n) is 1.90. The van der Waals surface area contributed by atoms with Crippen molar-refractivity contribution in [1.82, 2.24) is 0 Å². The van der Waals surface area contributed by atoms with Crippen molar-refractivity contribution in [1.29, 1.82) is 0 Å². The summed E-state index contributed by atoms with van der Waals surface area (Å²) in [5.74, 6) is -1.78. The molecule has 0 unspecified atom stereocenters. The zero-order chi connectivity index (χ0) is 11.1. The molecule has 2 heteroatoms. The Kier molecular flexibility index (Phi) is 1.90. The molecule has 0 nitrogen and oxygen atoms in total. The standard InChI is InChI=1S/C14H6F2/c15-13-8-7-11-10-4-2-1-3-9(10)5-6-12(11)14(13)16/h2-7H. The molecule has 0 aliphatic carbocycles. The molecule has 0 amide bonds. The molecule has 0 heterocycles. The van der Waals surface area contributed by atoms with E-state index in [4.69, 9.17) is 0 Å². The molecule has 0 saturated heterocycles. The minimum absolute atomic E-state index is 0.287. The third kappa shape index (κ3) is 1.20. The van der Waals surface area contributed by atoms with Gasteiger partial charge in [-0.2, -0.15) is 0 Å². The summed E-state index contributed by atoms with van der Waals surface area (Å²) in [6.07, 6.45) is 0. The van der Waals surface area contributed by atoms with E-state index >= 15 is 0 Å². The summed E-state index contributed by atoms with van der Waals surface area (Å²) in [4.78, 5) is 0. The molecule has 3 aromatic rings. The Morgan fingerprint density at radius 1 is 0.875 bits per heavy atom. The Morgan fingerprint density at radius 2 is 1.75 bits per heavy atom. The lowest BCUT2D eigenvalue weighted by Crippen LogP contribution is -1.87. The normalized spacial score (nSPS) is 11.1. The largest absolute Gasteiger partial charge is 0.203 e. The van der Waals surface area contributed by atoms with E-state index in [9.17, 15) is 8.78 Å². The quantitative estimate of drug-likeness (QED) is 0.496. The van der Waals surface area contributed by atoms with Gasteiger partial charge in [-0.25, -0.2) is 8.78 Å². The summed E-state index contributed by atoms with van der Waals surface area (Å²) < 4.78 is 26.5. The Bertz CT molecular complexity index is 687. The van der Waals surface area contributed by atoms with Crippen LogP contribution in [0.25, 0.3) is 21.5 Å². The molecule has 0 spiro atoms. The van der Waals surface area contributed by atoms with Gasteiger partial charge in [-0.15, -0.1) is 0 Å². The van der Waals surface area contributed by atoms with E-state index in [-0.39, 0.29) is 5.39 Å². The highest BCUT2D eigenvalue weighted by atomic mass is 19.2. The lowest BCUT2D eigenvalue weighted by Gasteiger charge is -2.04. The molecule has 0 aliphatic rings. The summed E-state index contributed by atoms with van der Waals surface area (Å²) >= 11 is 0. The third-order valence-electron chi connectivity index (χ3n) is 2.68. The average molecular weight is 212 g/mol. The molecule has 0 aliphatic heterocycles. The van der Waals surface area contributed by atoms with Gasteiger partial charge >= 0.3 is 0 Å². The van der Waals surface area contributed by atoms with Gasteiger partial charge in [0, 0.05) is 11.5 Å². The van der Waals surface area contributed by atoms with Crippen LogP contribution in [-0.2, 0) is 0 Å². The Balaban J connectivity index is 2.58. The molecular formula is C14H6F2. The van der Waals surface area contributed by atoms with Crippen LogP contribution in [0.15, 0.2) is 36.4 Å². The zero-order valence-electron chi connectivity index (χ0n) is 8.22. The molecule has 16 heavy (non-hydrogen) atoms. The van der Waals surface area contributed by atoms with Crippen molar-refractivity contribution in [2.24, 2.45) is 0 Å². The molecule has 76 valence electrons. The van der Waals surface area contributed by atoms with Gasteiger partial charge in [0.2, 0.25) is 0 Å². The summed E-state index contributed by atoms with van der Waals surface area (Å²) in [7, 11) is 0. The maximum Gasteiger partial charge on any atom is 0.167 e. The van der Waals surface area contributed by atoms with Gasteiger partial charge in [-0.05, 0) is 34.4 Å². The van der Waals surface area contributed by atoms with E-state index in [1.165, 1.54) is 6.07 Å². The van der Waals surface area contributed by atoms with Crippen LogP contribution >= 0.6 is 0 Å². The van der Waals surface area contributed by atoms with Gasteiger partial charge in [0.15, 0.2) is 11.6 Å². The Morgan fingerprint density at radius 3 is 2.62 bits per heavy atom. The SMILES string of the molecule is Fc1[c]cc2c(ccc3c[c]ccc32)c1F. The van der Waals surface area contributed by atoms with Crippen molar-refractivity contribution >= 4 is 21.5 Å². The lowest BCUT2D eigenvalue weighted by atomic mass is 10.0. The van der Waals surface area contributed by atoms with Crippen molar-refractivity contribution < 1.29 is 8.78 Å². The number of halogens is 2. The van der Waals surface area contributed by atoms with Crippen LogP contribution < -0.4 is 0 Å². The topological polar surface area (TPSA) is 0 Å². The maximum absolute atomic E-state index is 13.5. The average Bonchev–Trinajstić information content (AvgIpc) is 2.33. The molecule has 0 N–H and O–H groups in total. The Labute approximate surface area is 91.1 Å². The predicted octanol–water partition coefficient (Wildman–Crippen LogP) is 3.87. The predicted molar refractivity (Wildman–Crippen MR) is 59.0 cm³/mol. The number of fused-ring (bicyclic) bond motifs is 3. The van der Waals surface area contributed by atoms with Crippen LogP contribution in [0.5, 0.6) is 0 Å². The van der Waals surface area contributed by atoms with Crippen LogP contribution in [0.3, 0.4) is 0 Å². The van der Waals surface area contributed by atoms with Crippen LogP contribution in [0.2, 0.25) is 0 Å². The van der Waals surface area contributed by atoms with Gasteiger partial charge in [-0.3, -0.25) is 0 Å². The van der Waals surface area contributed by atoms with Gasteiger partial charge < -0.3 is 0 Å². The van der Waals surface area contributed by atoms with Crippen LogP contribution in [0, 0.1) is 23.8 Å². The molecule has 0 aromatic heterocycles. The molecule has 3 aromatic carbocycles. The second kappa shape index (κ2) is 3.27. The van der Waals surface area contributed by atoms with Crippen molar-refractivity contribution in [3.05, 3.63) is 60.2 Å². The van der Waals surface area contributed by atoms with Crippen molar-refractivity contribution in [2.75, 3.05) is 0 Å². The van der Waals surface area contributed by atoms with Crippen LogP contribution in [0.1, 0.15) is 0 Å². The van der Waals surface area contributed by atoms with Gasteiger partial charge in [0.25, 0.3) is 0 Å². The minimum atomic E-state index is -0.936. The highest BCUT2D eigenvalue weighted by Gasteiger charge is 2.08. The first-order valence-corrected chi connectivity index (χ1v) is 4.85. The molecular weight excluding hydrogens is 206 g/mol. The number of rotatable bonds is 0. The molecule has 0 atom stereocenters. The number of hydrogen-bond donors (Lipinski definition) is 0. The van der Waals surface area contributed by atoms with E-state index in [0.717, 1.165) is 10.8 Å². The van der Waals surface area contributed by atoms with E-state index in [1.807, 2.05) is 12.1 Å². The first-order chi connectivity index (χ1) is 7.77. The second-order valence-electron chi connectivity index (χ2n) is 3.59. The zero-order valence-corrected chi connectivity index (χ0v) is 8.22. The van der Waals surface area contributed by atoms with Crippen molar-refractivity contribution in [3.8, 4) is 0 Å². The second-order valence-corrected chi connectivity index (χ2v) is 3.59. The lowest BCUT2D eigenvalue weighted by molar-refractivity contribution is 0.515. The first-order valence-electron chi connectivity index (χ1n) is 4.85. The van der Waals surface area contributed by atoms with Gasteiger partial charge in [0.05, 0.1) is 0 Å².